The van der Waals surface area contributed by atoms with Crippen LogP contribution in [0, 0.1) is 17.5 Å². The Morgan fingerprint density at radius 1 is 0.914 bits per heavy atom. The van der Waals surface area contributed by atoms with Gasteiger partial charge in [-0.3, -0.25) is 4.79 Å². The minimum atomic E-state index is -0.912. The van der Waals surface area contributed by atoms with Crippen LogP contribution in [0.25, 0.3) is 0 Å². The van der Waals surface area contributed by atoms with Crippen molar-refractivity contribution in [3.05, 3.63) is 76.7 Å². The van der Waals surface area contributed by atoms with Gasteiger partial charge in [-0.25, -0.2) is 18.2 Å². The predicted molar refractivity (Wildman–Crippen MR) is 123 cm³/mol. The number of rotatable bonds is 4. The molecule has 0 spiro atoms. The van der Waals surface area contributed by atoms with Gasteiger partial charge >= 0.3 is 0 Å². The van der Waals surface area contributed by atoms with Gasteiger partial charge in [0.05, 0.1) is 23.4 Å². The first-order chi connectivity index (χ1) is 16.9. The van der Waals surface area contributed by atoms with E-state index in [-0.39, 0.29) is 18.0 Å². The van der Waals surface area contributed by atoms with Crippen molar-refractivity contribution in [3.63, 3.8) is 0 Å². The molecule has 0 saturated carbocycles. The number of likely N-dealkylation sites (N-methyl/N-ethyl adjacent to an activating group) is 1. The van der Waals surface area contributed by atoms with Crippen LogP contribution in [-0.2, 0) is 13.0 Å². The van der Waals surface area contributed by atoms with Crippen molar-refractivity contribution < 1.29 is 22.7 Å². The normalized spacial score (nSPS) is 16.2. The van der Waals surface area contributed by atoms with E-state index in [0.717, 1.165) is 44.0 Å². The molecule has 2 aliphatic rings. The van der Waals surface area contributed by atoms with Gasteiger partial charge in [0, 0.05) is 45.2 Å². The fourth-order valence-electron chi connectivity index (χ4n) is 4.22. The third-order valence-corrected chi connectivity index (χ3v) is 6.27. The summed E-state index contributed by atoms with van der Waals surface area (Å²) in [6, 6.07) is 8.47. The van der Waals surface area contributed by atoms with Gasteiger partial charge in [0.15, 0.2) is 0 Å². The summed E-state index contributed by atoms with van der Waals surface area (Å²) in [4.78, 5) is 28.2. The molecule has 1 aromatic heterocycles. The summed E-state index contributed by atoms with van der Waals surface area (Å²) in [6.45, 7) is 3.70. The van der Waals surface area contributed by atoms with E-state index in [1.807, 2.05) is 0 Å². The number of hydrogen-bond acceptors (Lipinski definition) is 6. The highest BCUT2D eigenvalue weighted by molar-refractivity contribution is 5.94. The lowest BCUT2D eigenvalue weighted by molar-refractivity contribution is 0.0727. The van der Waals surface area contributed by atoms with Crippen LogP contribution in [-0.4, -0.2) is 65.4 Å². The number of carbonyl (C=O) groups excluding carboxylic acids is 1. The molecule has 2 aliphatic heterocycles. The molecule has 0 unspecified atom stereocenters. The first-order valence-corrected chi connectivity index (χ1v) is 11.4. The summed E-state index contributed by atoms with van der Waals surface area (Å²) >= 11 is 0. The van der Waals surface area contributed by atoms with Crippen molar-refractivity contribution in [3.8, 4) is 11.6 Å². The fourth-order valence-corrected chi connectivity index (χ4v) is 4.22. The van der Waals surface area contributed by atoms with Crippen LogP contribution in [0.2, 0.25) is 0 Å². The van der Waals surface area contributed by atoms with Crippen molar-refractivity contribution in [2.75, 3.05) is 44.7 Å². The first kappa shape index (κ1) is 23.1. The zero-order chi connectivity index (χ0) is 24.5. The molecule has 10 heteroatoms. The van der Waals surface area contributed by atoms with E-state index in [1.165, 1.54) is 29.2 Å². The molecule has 35 heavy (non-hydrogen) atoms. The molecule has 3 aromatic rings. The second kappa shape index (κ2) is 9.53. The van der Waals surface area contributed by atoms with Crippen LogP contribution in [0.15, 0.2) is 42.5 Å². The molecule has 1 fully saturated rings. The van der Waals surface area contributed by atoms with Crippen LogP contribution in [0.3, 0.4) is 0 Å². The van der Waals surface area contributed by atoms with Crippen LogP contribution in [0.5, 0.6) is 11.6 Å². The van der Waals surface area contributed by atoms with E-state index in [9.17, 15) is 18.0 Å². The van der Waals surface area contributed by atoms with Gasteiger partial charge in [0.1, 0.15) is 23.2 Å². The summed E-state index contributed by atoms with van der Waals surface area (Å²) in [7, 11) is 2.06. The molecule has 2 aromatic carbocycles. The van der Waals surface area contributed by atoms with Crippen LogP contribution in [0.1, 0.15) is 21.6 Å². The molecule has 0 bridgehead atoms. The van der Waals surface area contributed by atoms with Gasteiger partial charge in [-0.1, -0.05) is 0 Å². The Bertz CT molecular complexity index is 1250. The molecule has 0 atom stereocenters. The molecule has 3 heterocycles. The molecule has 0 N–H and O–H groups in total. The average Bonchev–Trinajstić information content (AvgIpc) is 2.85. The average molecular weight is 483 g/mol. The Morgan fingerprint density at radius 3 is 2.34 bits per heavy atom. The predicted octanol–water partition coefficient (Wildman–Crippen LogP) is 3.64. The quantitative estimate of drug-likeness (QED) is 0.565. The number of halogens is 3. The number of carbonyl (C=O) groups is 1. The van der Waals surface area contributed by atoms with Crippen LogP contribution >= 0.6 is 0 Å². The van der Waals surface area contributed by atoms with E-state index < -0.39 is 23.4 Å². The molecule has 182 valence electrons. The Kier molecular flexibility index (Phi) is 6.29. The van der Waals surface area contributed by atoms with Gasteiger partial charge < -0.3 is 19.4 Å². The lowest BCUT2D eigenvalue weighted by Gasteiger charge is -2.34. The number of fused-ring (bicyclic) bond motifs is 1. The lowest BCUT2D eigenvalue weighted by atomic mass is 10.0. The van der Waals surface area contributed by atoms with Crippen molar-refractivity contribution in [2.24, 2.45) is 0 Å². The molecule has 7 nitrogen and oxygen atoms in total. The van der Waals surface area contributed by atoms with Crippen LogP contribution < -0.4 is 9.64 Å². The number of ether oxygens (including phenoxy) is 1. The highest BCUT2D eigenvalue weighted by Crippen LogP contribution is 2.32. The fraction of sp³-hybridized carbons (Fsp3) is 0.320. The Balaban J connectivity index is 1.47. The first-order valence-electron chi connectivity index (χ1n) is 11.4. The number of aromatic nitrogens is 2. The topological polar surface area (TPSA) is 61.8 Å². The minimum Gasteiger partial charge on any atom is -0.438 e. The highest BCUT2D eigenvalue weighted by Gasteiger charge is 2.30. The van der Waals surface area contributed by atoms with E-state index in [2.05, 4.69) is 21.8 Å². The molecule has 0 radical (unpaired) electrons. The van der Waals surface area contributed by atoms with Gasteiger partial charge in [-0.05, 0) is 43.4 Å². The largest absolute Gasteiger partial charge is 0.438 e. The van der Waals surface area contributed by atoms with Crippen molar-refractivity contribution in [2.45, 2.75) is 13.0 Å². The number of nitrogens with zero attached hydrogens (tertiary/aromatic N) is 5. The van der Waals surface area contributed by atoms with Gasteiger partial charge in [-0.15, -0.1) is 0 Å². The Morgan fingerprint density at radius 2 is 1.63 bits per heavy atom. The summed E-state index contributed by atoms with van der Waals surface area (Å²) in [5, 5.41) is 0. The molecule has 1 amide bonds. The minimum absolute atomic E-state index is 0.102. The van der Waals surface area contributed by atoms with E-state index in [4.69, 9.17) is 9.72 Å². The van der Waals surface area contributed by atoms with Crippen molar-refractivity contribution in [1.29, 1.82) is 0 Å². The van der Waals surface area contributed by atoms with Crippen molar-refractivity contribution in [1.82, 2.24) is 19.8 Å². The third kappa shape index (κ3) is 4.93. The summed E-state index contributed by atoms with van der Waals surface area (Å²) in [5.74, 6) is -1.40. The lowest BCUT2D eigenvalue weighted by Crippen LogP contribution is -2.45. The molecule has 0 aliphatic carbocycles. The maximum absolute atomic E-state index is 14.3. The Labute approximate surface area is 200 Å². The number of piperazine rings is 1. The number of hydrogen-bond donors (Lipinski definition) is 0. The van der Waals surface area contributed by atoms with Gasteiger partial charge in [0.25, 0.3) is 5.91 Å². The van der Waals surface area contributed by atoms with Crippen LogP contribution in [0.4, 0.5) is 19.1 Å². The van der Waals surface area contributed by atoms with Gasteiger partial charge in [-0.2, -0.15) is 4.98 Å². The number of amides is 1. The maximum Gasteiger partial charge on any atom is 0.257 e. The van der Waals surface area contributed by atoms with E-state index in [1.54, 1.807) is 0 Å². The summed E-state index contributed by atoms with van der Waals surface area (Å²) in [5.41, 5.74) is 1.15. The maximum atomic E-state index is 14.3. The second-order valence-electron chi connectivity index (χ2n) is 8.70. The molecular weight excluding hydrogens is 459 g/mol. The third-order valence-electron chi connectivity index (χ3n) is 6.27. The highest BCUT2D eigenvalue weighted by atomic mass is 19.1. The zero-order valence-corrected chi connectivity index (χ0v) is 19.2. The Hall–Kier alpha value is -3.66. The monoisotopic (exact) mass is 483 g/mol. The molecule has 1 saturated heterocycles. The summed E-state index contributed by atoms with van der Waals surface area (Å²) < 4.78 is 47.0. The molecular formula is C25H24F3N5O2. The smallest absolute Gasteiger partial charge is 0.257 e. The standard InChI is InChI=1S/C25H24F3N5O2/c1-31-10-12-32(13-11-31)25-29-22-8-9-33(24(34)19-7-4-17(27)14-21(19)28)15-20(22)23(30-25)35-18-5-2-16(26)3-6-18/h2-7,14H,8-13,15H2,1H3. The molecule has 5 rings (SSSR count). The zero-order valence-electron chi connectivity index (χ0n) is 19.2. The second-order valence-corrected chi connectivity index (χ2v) is 8.70. The number of anilines is 1. The van der Waals surface area contributed by atoms with E-state index in [0.29, 0.717) is 36.3 Å². The van der Waals surface area contributed by atoms with Crippen molar-refractivity contribution >= 4 is 11.9 Å². The summed E-state index contributed by atoms with van der Waals surface area (Å²) in [6.07, 6.45) is 0.424. The SMILES string of the molecule is CN1CCN(c2nc3c(c(Oc4ccc(F)cc4)n2)CN(C(=O)c2ccc(F)cc2F)CC3)CC1. The van der Waals surface area contributed by atoms with Gasteiger partial charge in [0.2, 0.25) is 11.8 Å². The van der Waals surface area contributed by atoms with E-state index >= 15 is 0 Å². The number of benzene rings is 2.